The number of benzene rings is 3. The van der Waals surface area contributed by atoms with Gasteiger partial charge in [0, 0.05) is 43.7 Å². The van der Waals surface area contributed by atoms with Crippen molar-refractivity contribution in [1.82, 2.24) is 4.90 Å². The highest BCUT2D eigenvalue weighted by Gasteiger charge is 2.47. The molecule has 0 radical (unpaired) electrons. The summed E-state index contributed by atoms with van der Waals surface area (Å²) >= 11 is 0. The van der Waals surface area contributed by atoms with Crippen LogP contribution in [0.4, 0.5) is 14.9 Å². The molecule has 0 unspecified atom stereocenters. The number of hydrogen-bond acceptors (Lipinski definition) is 6. The topological polar surface area (TPSA) is 68.3 Å². The first-order chi connectivity index (χ1) is 18.9. The van der Waals surface area contributed by atoms with Crippen LogP contribution in [0.25, 0.3) is 11.1 Å². The van der Waals surface area contributed by atoms with Gasteiger partial charge in [-0.2, -0.15) is 0 Å². The number of anilines is 1. The van der Waals surface area contributed by atoms with Gasteiger partial charge in [-0.3, -0.25) is 14.6 Å². The molecule has 1 spiro atoms. The van der Waals surface area contributed by atoms with Crippen molar-refractivity contribution in [2.24, 2.45) is 0 Å². The van der Waals surface area contributed by atoms with E-state index in [0.29, 0.717) is 61.9 Å². The van der Waals surface area contributed by atoms with E-state index < -0.39 is 5.60 Å². The minimum absolute atomic E-state index is 0.292. The Bertz CT molecular complexity index is 1310. The molecule has 8 heteroatoms. The summed E-state index contributed by atoms with van der Waals surface area (Å²) in [6.45, 7) is 7.56. The third kappa shape index (κ3) is 5.76. The maximum absolute atomic E-state index is 13.6. The van der Waals surface area contributed by atoms with Crippen molar-refractivity contribution < 1.29 is 28.2 Å². The van der Waals surface area contributed by atoms with Gasteiger partial charge in [0.05, 0.1) is 25.3 Å². The van der Waals surface area contributed by atoms with Crippen molar-refractivity contribution in [3.8, 4) is 22.6 Å². The summed E-state index contributed by atoms with van der Waals surface area (Å²) < 4.78 is 31.5. The molecule has 0 N–H and O–H groups in total. The lowest BCUT2D eigenvalue weighted by Crippen LogP contribution is -2.46. The Hall–Kier alpha value is -3.91. The highest BCUT2D eigenvalue weighted by molar-refractivity contribution is 5.91. The van der Waals surface area contributed by atoms with Crippen molar-refractivity contribution >= 4 is 18.1 Å². The molecule has 0 aliphatic carbocycles. The average molecular weight is 533 g/mol. The van der Waals surface area contributed by atoms with Gasteiger partial charge in [-0.25, -0.2) is 9.18 Å². The van der Waals surface area contributed by atoms with Crippen LogP contribution in [0.15, 0.2) is 60.7 Å². The second-order valence-electron chi connectivity index (χ2n) is 9.97. The maximum atomic E-state index is 13.6. The van der Waals surface area contributed by atoms with E-state index in [9.17, 15) is 14.0 Å². The summed E-state index contributed by atoms with van der Waals surface area (Å²) in [5, 5.41) is 0. The molecule has 2 aliphatic rings. The smallest absolute Gasteiger partial charge is 0.415 e. The van der Waals surface area contributed by atoms with Crippen molar-refractivity contribution in [2.75, 3.05) is 37.7 Å². The van der Waals surface area contributed by atoms with E-state index in [0.717, 1.165) is 36.1 Å². The van der Waals surface area contributed by atoms with Crippen LogP contribution in [0.2, 0.25) is 0 Å². The zero-order chi connectivity index (χ0) is 27.4. The Labute approximate surface area is 228 Å². The summed E-state index contributed by atoms with van der Waals surface area (Å²) in [5.74, 6) is 1.12. The highest BCUT2D eigenvalue weighted by Crippen LogP contribution is 2.41. The van der Waals surface area contributed by atoms with Crippen molar-refractivity contribution in [3.63, 3.8) is 0 Å². The first-order valence-corrected chi connectivity index (χ1v) is 13.4. The molecule has 0 aromatic heterocycles. The molecule has 0 saturated carbocycles. The van der Waals surface area contributed by atoms with Crippen LogP contribution in [0, 0.1) is 5.82 Å². The van der Waals surface area contributed by atoms with Crippen LogP contribution in [0.5, 0.6) is 11.5 Å². The molecule has 39 heavy (non-hydrogen) atoms. The van der Waals surface area contributed by atoms with Crippen LogP contribution < -0.4 is 14.4 Å². The van der Waals surface area contributed by atoms with E-state index in [1.54, 1.807) is 35.2 Å². The SMILES string of the molecule is CCOc1cc(CN2CCC3(CC2)CN(c2cccc(C=O)c2)C(=O)O3)cc(OCC)c1-c1ccc(F)cc1. The number of rotatable bonds is 9. The van der Waals surface area contributed by atoms with E-state index >= 15 is 0 Å². The minimum Gasteiger partial charge on any atom is -0.493 e. The normalized spacial score (nSPS) is 16.8. The number of carbonyl (C=O) groups excluding carboxylic acids is 2. The summed E-state index contributed by atoms with van der Waals surface area (Å²) in [4.78, 5) is 27.9. The number of likely N-dealkylation sites (tertiary alicyclic amines) is 1. The van der Waals surface area contributed by atoms with Gasteiger partial charge in [0.25, 0.3) is 0 Å². The molecule has 2 fully saturated rings. The van der Waals surface area contributed by atoms with Gasteiger partial charge >= 0.3 is 6.09 Å². The zero-order valence-corrected chi connectivity index (χ0v) is 22.3. The largest absolute Gasteiger partial charge is 0.493 e. The second kappa shape index (κ2) is 11.5. The average Bonchev–Trinajstić information content (AvgIpc) is 3.26. The fraction of sp³-hybridized carbons (Fsp3) is 0.355. The molecule has 7 nitrogen and oxygen atoms in total. The molecule has 3 aromatic rings. The number of carbonyl (C=O) groups is 2. The number of ether oxygens (including phenoxy) is 3. The lowest BCUT2D eigenvalue weighted by Gasteiger charge is -2.37. The van der Waals surface area contributed by atoms with Gasteiger partial charge in [0.1, 0.15) is 29.2 Å². The van der Waals surface area contributed by atoms with E-state index in [1.165, 1.54) is 12.1 Å². The Morgan fingerprint density at radius 1 is 0.974 bits per heavy atom. The van der Waals surface area contributed by atoms with Gasteiger partial charge in [0.15, 0.2) is 0 Å². The fourth-order valence-electron chi connectivity index (χ4n) is 5.40. The number of aldehydes is 1. The molecule has 2 saturated heterocycles. The van der Waals surface area contributed by atoms with Crippen LogP contribution in [-0.2, 0) is 11.3 Å². The highest BCUT2D eigenvalue weighted by atomic mass is 19.1. The molecule has 1 amide bonds. The summed E-state index contributed by atoms with van der Waals surface area (Å²) in [7, 11) is 0. The van der Waals surface area contributed by atoms with E-state index in [-0.39, 0.29) is 11.9 Å². The van der Waals surface area contributed by atoms with Gasteiger partial charge in [0.2, 0.25) is 0 Å². The van der Waals surface area contributed by atoms with Gasteiger partial charge in [-0.05, 0) is 61.4 Å². The van der Waals surface area contributed by atoms with Crippen molar-refractivity contribution in [2.45, 2.75) is 38.8 Å². The Morgan fingerprint density at radius 2 is 1.64 bits per heavy atom. The summed E-state index contributed by atoms with van der Waals surface area (Å²) in [6, 6.07) is 17.4. The van der Waals surface area contributed by atoms with Crippen LogP contribution in [0.3, 0.4) is 0 Å². The van der Waals surface area contributed by atoms with Gasteiger partial charge < -0.3 is 14.2 Å². The Balaban J connectivity index is 1.31. The number of nitrogens with zero attached hydrogens (tertiary/aromatic N) is 2. The lowest BCUT2D eigenvalue weighted by atomic mass is 9.91. The first-order valence-electron chi connectivity index (χ1n) is 13.4. The molecule has 5 rings (SSSR count). The maximum Gasteiger partial charge on any atom is 0.415 e. The quantitative estimate of drug-likeness (QED) is 0.311. The second-order valence-corrected chi connectivity index (χ2v) is 9.97. The molecular formula is C31H33FN2O5. The molecule has 0 bridgehead atoms. The third-order valence-electron chi connectivity index (χ3n) is 7.32. The standard InChI is InChI=1S/C31H33FN2O5/c1-3-37-27-17-23(18-28(38-4-2)29(27)24-8-10-25(32)11-9-24)19-33-14-12-31(13-15-33)21-34(30(36)39-31)26-7-5-6-22(16-26)20-35/h5-11,16-18,20H,3-4,12-15,19,21H2,1-2H3. The van der Waals surface area contributed by atoms with E-state index in [2.05, 4.69) is 4.90 Å². The molecule has 204 valence electrons. The molecular weight excluding hydrogens is 499 g/mol. The monoisotopic (exact) mass is 532 g/mol. The Kier molecular flexibility index (Phi) is 7.84. The minimum atomic E-state index is -0.538. The lowest BCUT2D eigenvalue weighted by molar-refractivity contribution is -0.00101. The first kappa shape index (κ1) is 26.7. The zero-order valence-electron chi connectivity index (χ0n) is 22.3. The number of halogens is 1. The molecule has 2 aliphatic heterocycles. The molecule has 2 heterocycles. The Morgan fingerprint density at radius 3 is 2.26 bits per heavy atom. The summed E-state index contributed by atoms with van der Waals surface area (Å²) in [6.07, 6.45) is 1.84. The van der Waals surface area contributed by atoms with Crippen LogP contribution >= 0.6 is 0 Å². The van der Waals surface area contributed by atoms with E-state index in [4.69, 9.17) is 14.2 Å². The van der Waals surface area contributed by atoms with Crippen molar-refractivity contribution in [1.29, 1.82) is 0 Å². The van der Waals surface area contributed by atoms with Gasteiger partial charge in [-0.15, -0.1) is 0 Å². The third-order valence-corrected chi connectivity index (χ3v) is 7.32. The number of piperidine rings is 1. The molecule has 3 aromatic carbocycles. The fourth-order valence-corrected chi connectivity index (χ4v) is 5.40. The van der Waals surface area contributed by atoms with Gasteiger partial charge in [-0.1, -0.05) is 24.3 Å². The predicted octanol–water partition coefficient (Wildman–Crippen LogP) is 6.09. The predicted molar refractivity (Wildman–Crippen MR) is 147 cm³/mol. The molecule has 0 atom stereocenters. The van der Waals surface area contributed by atoms with Crippen LogP contribution in [0.1, 0.15) is 42.6 Å². The summed E-state index contributed by atoms with van der Waals surface area (Å²) in [5.41, 5.74) is 3.37. The van der Waals surface area contributed by atoms with Crippen molar-refractivity contribution in [3.05, 3.63) is 77.6 Å². The van der Waals surface area contributed by atoms with Crippen LogP contribution in [-0.4, -0.2) is 55.7 Å². The van der Waals surface area contributed by atoms with E-state index in [1.807, 2.05) is 32.0 Å². The number of hydrogen-bond donors (Lipinski definition) is 0. The number of amides is 1.